The maximum absolute atomic E-state index is 12.4. The van der Waals surface area contributed by atoms with Gasteiger partial charge < -0.3 is 9.64 Å². The van der Waals surface area contributed by atoms with Crippen molar-refractivity contribution in [3.63, 3.8) is 0 Å². The minimum atomic E-state index is -3.15. The zero-order valence-electron chi connectivity index (χ0n) is 15.0. The molecule has 2 aliphatic rings. The number of para-hydroxylation sites is 1. The number of amidine groups is 1. The molecular formula is C19H16Cl2N2O4S2. The van der Waals surface area contributed by atoms with Crippen LogP contribution < -0.4 is 9.64 Å². The lowest BCUT2D eigenvalue weighted by Crippen LogP contribution is -2.37. The second-order valence-corrected chi connectivity index (χ2v) is 10.8. The molecule has 4 rings (SSSR count). The summed E-state index contributed by atoms with van der Waals surface area (Å²) in [4.78, 5) is 18.4. The van der Waals surface area contributed by atoms with E-state index in [9.17, 15) is 13.2 Å². The third kappa shape index (κ3) is 4.55. The maximum Gasteiger partial charge on any atom is 0.285 e. The number of anilines is 1. The topological polar surface area (TPSA) is 76.0 Å². The first-order valence-corrected chi connectivity index (χ1v) is 12.2. The highest BCUT2D eigenvalue weighted by Gasteiger charge is 2.49. The second-order valence-electron chi connectivity index (χ2n) is 6.66. The van der Waals surface area contributed by atoms with E-state index in [1.54, 1.807) is 35.2 Å². The molecule has 6 nitrogen and oxygen atoms in total. The Morgan fingerprint density at radius 3 is 2.62 bits per heavy atom. The quantitative estimate of drug-likeness (QED) is 0.678. The number of benzene rings is 2. The van der Waals surface area contributed by atoms with Gasteiger partial charge in [0.2, 0.25) is 0 Å². The fourth-order valence-electron chi connectivity index (χ4n) is 3.30. The summed E-state index contributed by atoms with van der Waals surface area (Å²) in [6.45, 7) is -0.211. The van der Waals surface area contributed by atoms with Crippen LogP contribution in [0.15, 0.2) is 53.5 Å². The fraction of sp³-hybridized carbons (Fsp3) is 0.263. The van der Waals surface area contributed by atoms with Gasteiger partial charge in [-0.05, 0) is 30.3 Å². The third-order valence-corrected chi connectivity index (χ3v) is 8.52. The number of ether oxygens (including phenoxy) is 1. The van der Waals surface area contributed by atoms with E-state index in [1.165, 1.54) is 11.8 Å². The fourth-order valence-corrected chi connectivity index (χ4v) is 7.53. The predicted molar refractivity (Wildman–Crippen MR) is 117 cm³/mol. The molecule has 29 heavy (non-hydrogen) atoms. The van der Waals surface area contributed by atoms with Crippen LogP contribution in [0.5, 0.6) is 5.75 Å². The van der Waals surface area contributed by atoms with Gasteiger partial charge in [0.25, 0.3) is 5.91 Å². The van der Waals surface area contributed by atoms with Gasteiger partial charge >= 0.3 is 0 Å². The smallest absolute Gasteiger partial charge is 0.285 e. The Morgan fingerprint density at radius 2 is 1.90 bits per heavy atom. The molecular weight excluding hydrogens is 455 g/mol. The molecule has 0 radical (unpaired) electrons. The Balaban J connectivity index is 1.59. The minimum Gasteiger partial charge on any atom is -0.484 e. The van der Waals surface area contributed by atoms with Gasteiger partial charge in [0.15, 0.2) is 21.6 Å². The standard InChI is InChI=1S/C19H16Cl2N2O4S2/c20-14-7-6-12(8-15(14)21)23-16-10-29(25,26)11-17(16)28-19(23)22-18(24)9-27-13-4-2-1-3-5-13/h1-8,16-17H,9-11H2/t16-,17-/m0/s1. The van der Waals surface area contributed by atoms with E-state index in [0.29, 0.717) is 26.6 Å². The van der Waals surface area contributed by atoms with E-state index in [0.717, 1.165) is 0 Å². The summed E-state index contributed by atoms with van der Waals surface area (Å²) in [5.41, 5.74) is 0.645. The minimum absolute atomic E-state index is 0.00135. The largest absolute Gasteiger partial charge is 0.484 e. The number of carbonyl (C=O) groups is 1. The van der Waals surface area contributed by atoms with Gasteiger partial charge in [0.1, 0.15) is 5.75 Å². The molecule has 2 aliphatic heterocycles. The molecule has 2 aromatic carbocycles. The van der Waals surface area contributed by atoms with Crippen LogP contribution in [0, 0.1) is 0 Å². The molecule has 0 aromatic heterocycles. The van der Waals surface area contributed by atoms with Crippen molar-refractivity contribution in [2.75, 3.05) is 23.0 Å². The highest BCUT2D eigenvalue weighted by atomic mass is 35.5. The van der Waals surface area contributed by atoms with Crippen LogP contribution >= 0.6 is 35.0 Å². The summed E-state index contributed by atoms with van der Waals surface area (Å²) in [7, 11) is -3.15. The maximum atomic E-state index is 12.4. The lowest BCUT2D eigenvalue weighted by atomic mass is 10.2. The summed E-state index contributed by atoms with van der Waals surface area (Å²) < 4.78 is 29.7. The molecule has 0 spiro atoms. The predicted octanol–water partition coefficient (Wildman–Crippen LogP) is 3.67. The Hall–Kier alpha value is -1.74. The van der Waals surface area contributed by atoms with Crippen LogP contribution in [0.1, 0.15) is 0 Å². The molecule has 2 aromatic rings. The summed E-state index contributed by atoms with van der Waals surface area (Å²) in [6.07, 6.45) is 0. The molecule has 2 saturated heterocycles. The number of hydrogen-bond acceptors (Lipinski definition) is 5. The summed E-state index contributed by atoms with van der Waals surface area (Å²) in [5, 5.41) is 0.978. The molecule has 10 heteroatoms. The van der Waals surface area contributed by atoms with Crippen molar-refractivity contribution in [2.45, 2.75) is 11.3 Å². The molecule has 1 amide bonds. The second kappa shape index (κ2) is 8.18. The number of amides is 1. The van der Waals surface area contributed by atoms with E-state index in [2.05, 4.69) is 4.99 Å². The Morgan fingerprint density at radius 1 is 1.14 bits per heavy atom. The van der Waals surface area contributed by atoms with Gasteiger partial charge in [-0.25, -0.2) is 8.42 Å². The van der Waals surface area contributed by atoms with Crippen molar-refractivity contribution in [1.29, 1.82) is 0 Å². The first-order valence-electron chi connectivity index (χ1n) is 8.73. The number of aliphatic imine (C=N–C) groups is 1. The van der Waals surface area contributed by atoms with Crippen LogP contribution in [-0.4, -0.2) is 48.9 Å². The van der Waals surface area contributed by atoms with Gasteiger partial charge in [0, 0.05) is 10.9 Å². The molecule has 2 heterocycles. The number of hydrogen-bond donors (Lipinski definition) is 0. The van der Waals surface area contributed by atoms with Gasteiger partial charge in [-0.15, -0.1) is 0 Å². The third-order valence-electron chi connectivity index (χ3n) is 4.57. The molecule has 0 bridgehead atoms. The average molecular weight is 471 g/mol. The van der Waals surface area contributed by atoms with Crippen molar-refractivity contribution in [3.8, 4) is 5.75 Å². The molecule has 2 fully saturated rings. The highest BCUT2D eigenvalue weighted by molar-refractivity contribution is 8.16. The zero-order valence-corrected chi connectivity index (χ0v) is 18.1. The summed E-state index contributed by atoms with van der Waals surface area (Å²) >= 11 is 13.5. The van der Waals surface area contributed by atoms with Crippen molar-refractivity contribution in [3.05, 3.63) is 58.6 Å². The van der Waals surface area contributed by atoms with Gasteiger partial charge in [-0.2, -0.15) is 4.99 Å². The Labute approximate surface area is 182 Å². The van der Waals surface area contributed by atoms with E-state index in [4.69, 9.17) is 27.9 Å². The van der Waals surface area contributed by atoms with Gasteiger partial charge in [0.05, 0.1) is 27.6 Å². The van der Waals surface area contributed by atoms with Crippen molar-refractivity contribution in [2.24, 2.45) is 4.99 Å². The number of sulfone groups is 1. The van der Waals surface area contributed by atoms with E-state index < -0.39 is 15.7 Å². The van der Waals surface area contributed by atoms with E-state index >= 15 is 0 Å². The lowest BCUT2D eigenvalue weighted by Gasteiger charge is -2.24. The van der Waals surface area contributed by atoms with Crippen LogP contribution in [0.3, 0.4) is 0 Å². The lowest BCUT2D eigenvalue weighted by molar-refractivity contribution is -0.119. The summed E-state index contributed by atoms with van der Waals surface area (Å²) in [5.74, 6) is 0.167. The number of rotatable bonds is 4. The van der Waals surface area contributed by atoms with Crippen LogP contribution in [0.2, 0.25) is 10.0 Å². The molecule has 2 atom stereocenters. The van der Waals surface area contributed by atoms with E-state index in [1.807, 2.05) is 18.2 Å². The number of halogens is 2. The van der Waals surface area contributed by atoms with E-state index in [-0.39, 0.29) is 29.4 Å². The van der Waals surface area contributed by atoms with Crippen LogP contribution in [-0.2, 0) is 14.6 Å². The van der Waals surface area contributed by atoms with Gasteiger partial charge in [-0.1, -0.05) is 53.2 Å². The number of fused-ring (bicyclic) bond motifs is 1. The number of thioether (sulfide) groups is 1. The Bertz CT molecular complexity index is 1080. The van der Waals surface area contributed by atoms with Crippen LogP contribution in [0.25, 0.3) is 0 Å². The van der Waals surface area contributed by atoms with Crippen LogP contribution in [0.4, 0.5) is 5.69 Å². The molecule has 0 saturated carbocycles. The Kier molecular flexibility index (Phi) is 5.79. The van der Waals surface area contributed by atoms with Gasteiger partial charge in [-0.3, -0.25) is 4.79 Å². The molecule has 0 aliphatic carbocycles. The van der Waals surface area contributed by atoms with Crippen molar-refractivity contribution < 1.29 is 17.9 Å². The first kappa shape index (κ1) is 20.5. The highest BCUT2D eigenvalue weighted by Crippen LogP contribution is 2.42. The number of nitrogens with zero attached hydrogens (tertiary/aromatic N) is 2. The zero-order chi connectivity index (χ0) is 20.6. The monoisotopic (exact) mass is 470 g/mol. The average Bonchev–Trinajstić information content (AvgIpc) is 3.14. The SMILES string of the molecule is O=C(COc1ccccc1)N=C1S[C@H]2CS(=O)(=O)C[C@@H]2N1c1ccc(Cl)c(Cl)c1. The molecule has 0 unspecified atom stereocenters. The summed E-state index contributed by atoms with van der Waals surface area (Å²) in [6, 6.07) is 13.7. The normalized spacial score (nSPS) is 23.9. The number of carbonyl (C=O) groups excluding carboxylic acids is 1. The van der Waals surface area contributed by atoms with Crippen molar-refractivity contribution in [1.82, 2.24) is 0 Å². The molecule has 152 valence electrons. The molecule has 0 N–H and O–H groups in total. The first-order chi connectivity index (χ1) is 13.8. The van der Waals surface area contributed by atoms with Crippen molar-refractivity contribution >= 4 is 61.6 Å².